The minimum Gasteiger partial charge on any atom is -0.505 e. The van der Waals surface area contributed by atoms with Gasteiger partial charge in [-0.3, -0.25) is 0 Å². The highest BCUT2D eigenvalue weighted by molar-refractivity contribution is 6.08. The Hall–Kier alpha value is -3.91. The number of aryl methyl sites for hydroxylation is 2. The van der Waals surface area contributed by atoms with Gasteiger partial charge in [0.2, 0.25) is 5.95 Å². The number of anilines is 2. The first-order valence-corrected chi connectivity index (χ1v) is 12.8. The molecule has 198 valence electrons. The van der Waals surface area contributed by atoms with E-state index in [0.717, 1.165) is 56.6 Å². The molecule has 0 radical (unpaired) electrons. The van der Waals surface area contributed by atoms with Gasteiger partial charge < -0.3 is 24.0 Å². The number of hydrogen-bond acceptors (Lipinski definition) is 7. The van der Waals surface area contributed by atoms with Gasteiger partial charge in [-0.05, 0) is 64.3 Å². The zero-order chi connectivity index (χ0) is 27.4. The third kappa shape index (κ3) is 4.39. The summed E-state index contributed by atoms with van der Waals surface area (Å²) in [4.78, 5) is 24.3. The van der Waals surface area contributed by atoms with E-state index in [-0.39, 0.29) is 5.75 Å². The molecule has 8 heteroatoms. The van der Waals surface area contributed by atoms with E-state index in [9.17, 15) is 9.90 Å². The van der Waals surface area contributed by atoms with Crippen molar-refractivity contribution in [2.75, 3.05) is 18.6 Å². The van der Waals surface area contributed by atoms with Crippen LogP contribution in [-0.2, 0) is 20.8 Å². The molecular formula is C30H34N4O4. The molecule has 3 heterocycles. The van der Waals surface area contributed by atoms with Gasteiger partial charge in [-0.1, -0.05) is 29.8 Å². The van der Waals surface area contributed by atoms with Crippen LogP contribution in [0.2, 0.25) is 0 Å². The fourth-order valence-electron chi connectivity index (χ4n) is 5.39. The lowest BCUT2D eigenvalue weighted by Crippen LogP contribution is -2.32. The summed E-state index contributed by atoms with van der Waals surface area (Å²) in [6.45, 7) is 13.4. The minimum absolute atomic E-state index is 0.00610. The summed E-state index contributed by atoms with van der Waals surface area (Å²) in [7, 11) is 1.39. The van der Waals surface area contributed by atoms with Crippen molar-refractivity contribution < 1.29 is 19.4 Å². The Labute approximate surface area is 222 Å². The number of aromatic hydroxyl groups is 1. The van der Waals surface area contributed by atoms with Crippen LogP contribution in [0.3, 0.4) is 0 Å². The summed E-state index contributed by atoms with van der Waals surface area (Å²) >= 11 is 0. The molecular weight excluding hydrogens is 480 g/mol. The van der Waals surface area contributed by atoms with Gasteiger partial charge in [0.15, 0.2) is 11.9 Å². The number of carbonyl (C=O) groups is 1. The molecule has 0 saturated carbocycles. The molecule has 0 saturated heterocycles. The lowest BCUT2D eigenvalue weighted by atomic mass is 9.87. The fraction of sp³-hybridized carbons (Fsp3) is 0.367. The van der Waals surface area contributed by atoms with Gasteiger partial charge in [0.05, 0.1) is 36.3 Å². The molecule has 1 N–H and O–H groups in total. The van der Waals surface area contributed by atoms with Gasteiger partial charge in [0, 0.05) is 29.7 Å². The number of methoxy groups -OCH3 is 1. The number of carbonyl (C=O) groups excluding carboxylic acids is 1. The first kappa shape index (κ1) is 25.7. The third-order valence-corrected chi connectivity index (χ3v) is 7.00. The Morgan fingerprint density at radius 2 is 1.71 bits per heavy atom. The summed E-state index contributed by atoms with van der Waals surface area (Å²) in [6.07, 6.45) is 1.84. The molecule has 0 aliphatic carbocycles. The average Bonchev–Trinajstić information content (AvgIpc) is 3.21. The summed E-state index contributed by atoms with van der Waals surface area (Å²) < 4.78 is 14.0. The van der Waals surface area contributed by atoms with Gasteiger partial charge in [0.25, 0.3) is 0 Å². The molecule has 1 aliphatic rings. The van der Waals surface area contributed by atoms with Gasteiger partial charge in [-0.25, -0.2) is 14.8 Å². The molecule has 1 aliphatic heterocycles. The van der Waals surface area contributed by atoms with Crippen molar-refractivity contribution in [3.05, 3.63) is 65.1 Å². The number of hydrogen-bond donors (Lipinski definition) is 1. The van der Waals surface area contributed by atoms with Gasteiger partial charge in [-0.15, -0.1) is 0 Å². The lowest BCUT2D eigenvalue weighted by Gasteiger charge is -2.35. The number of rotatable bonds is 5. The van der Waals surface area contributed by atoms with Crippen molar-refractivity contribution in [1.82, 2.24) is 14.5 Å². The van der Waals surface area contributed by atoms with E-state index in [1.807, 2.05) is 27.7 Å². The van der Waals surface area contributed by atoms with Crippen LogP contribution in [0.4, 0.5) is 11.6 Å². The molecule has 0 spiro atoms. The summed E-state index contributed by atoms with van der Waals surface area (Å²) in [6, 6.07) is 10.5. The third-order valence-electron chi connectivity index (χ3n) is 7.00. The first-order valence-electron chi connectivity index (χ1n) is 12.8. The standard InChI is InChI=1S/C30H34N4O4/c1-17-8-10-20(11-9-17)24-22-14-18(2)33-12-13-34(29-31-15-21(35)16-32-29)25(26(22)33)19(3)23(24)27(28(36)37-7)38-30(4,5)6/h8-11,14-16,27,35H,12-13H2,1-7H3. The van der Waals surface area contributed by atoms with Crippen LogP contribution in [0.15, 0.2) is 42.7 Å². The van der Waals surface area contributed by atoms with Crippen LogP contribution in [-0.4, -0.2) is 44.9 Å². The topological polar surface area (TPSA) is 89.7 Å². The van der Waals surface area contributed by atoms with Crippen molar-refractivity contribution in [2.24, 2.45) is 0 Å². The molecule has 8 nitrogen and oxygen atoms in total. The number of ether oxygens (including phenoxy) is 2. The van der Waals surface area contributed by atoms with Crippen LogP contribution in [0.1, 0.15) is 49.3 Å². The molecule has 2 aromatic carbocycles. The van der Waals surface area contributed by atoms with Crippen molar-refractivity contribution in [3.8, 4) is 16.9 Å². The number of benzene rings is 2. The molecule has 4 aromatic rings. The van der Waals surface area contributed by atoms with E-state index in [1.54, 1.807) is 0 Å². The molecule has 0 bridgehead atoms. The molecule has 0 amide bonds. The number of nitrogens with zero attached hydrogens (tertiary/aromatic N) is 4. The van der Waals surface area contributed by atoms with Crippen molar-refractivity contribution in [2.45, 2.75) is 59.8 Å². The van der Waals surface area contributed by atoms with Crippen LogP contribution < -0.4 is 4.90 Å². The maximum absolute atomic E-state index is 13.4. The number of aromatic nitrogens is 3. The van der Waals surface area contributed by atoms with Crippen LogP contribution in [0, 0.1) is 20.8 Å². The highest BCUT2D eigenvalue weighted by Crippen LogP contribution is 2.49. The molecule has 1 unspecified atom stereocenters. The smallest absolute Gasteiger partial charge is 0.339 e. The summed E-state index contributed by atoms with van der Waals surface area (Å²) in [5.74, 6) is 0.0339. The highest BCUT2D eigenvalue weighted by atomic mass is 16.6. The molecule has 1 atom stereocenters. The van der Waals surface area contributed by atoms with Gasteiger partial charge >= 0.3 is 5.97 Å². The Bertz CT molecular complexity index is 1520. The van der Waals surface area contributed by atoms with E-state index in [1.165, 1.54) is 19.5 Å². The SMILES string of the molecule is COC(=O)C(OC(C)(C)C)c1c(C)c2c3c(cc(C)n3CCN2c2ncc(O)cn2)c1-c1ccc(C)cc1. The van der Waals surface area contributed by atoms with E-state index < -0.39 is 17.7 Å². The second kappa shape index (κ2) is 9.44. The largest absolute Gasteiger partial charge is 0.505 e. The average molecular weight is 515 g/mol. The van der Waals surface area contributed by atoms with Crippen LogP contribution in [0.25, 0.3) is 22.0 Å². The molecule has 0 fully saturated rings. The summed E-state index contributed by atoms with van der Waals surface area (Å²) in [5, 5.41) is 10.8. The van der Waals surface area contributed by atoms with E-state index >= 15 is 0 Å². The molecule has 38 heavy (non-hydrogen) atoms. The van der Waals surface area contributed by atoms with E-state index in [2.05, 4.69) is 63.6 Å². The van der Waals surface area contributed by atoms with Gasteiger partial charge in [-0.2, -0.15) is 0 Å². The maximum atomic E-state index is 13.4. The fourth-order valence-corrected chi connectivity index (χ4v) is 5.39. The van der Waals surface area contributed by atoms with Crippen LogP contribution >= 0.6 is 0 Å². The molecule has 2 aromatic heterocycles. The Morgan fingerprint density at radius 1 is 1.05 bits per heavy atom. The second-order valence-corrected chi connectivity index (χ2v) is 10.9. The Balaban J connectivity index is 1.91. The monoisotopic (exact) mass is 514 g/mol. The van der Waals surface area contributed by atoms with Gasteiger partial charge in [0.1, 0.15) is 0 Å². The predicted octanol–water partition coefficient (Wildman–Crippen LogP) is 5.91. The molecule has 5 rings (SSSR count). The van der Waals surface area contributed by atoms with E-state index in [0.29, 0.717) is 12.5 Å². The van der Waals surface area contributed by atoms with Crippen molar-refractivity contribution in [1.29, 1.82) is 0 Å². The van der Waals surface area contributed by atoms with Crippen molar-refractivity contribution >= 4 is 28.5 Å². The Kier molecular flexibility index (Phi) is 6.39. The highest BCUT2D eigenvalue weighted by Gasteiger charge is 2.37. The lowest BCUT2D eigenvalue weighted by molar-refractivity contribution is -0.164. The number of esters is 1. The summed E-state index contributed by atoms with van der Waals surface area (Å²) in [5.41, 5.74) is 7.26. The second-order valence-electron chi connectivity index (χ2n) is 10.9. The predicted molar refractivity (Wildman–Crippen MR) is 148 cm³/mol. The maximum Gasteiger partial charge on any atom is 0.339 e. The zero-order valence-electron chi connectivity index (χ0n) is 23.0. The minimum atomic E-state index is -0.954. The quantitative estimate of drug-likeness (QED) is 0.331. The van der Waals surface area contributed by atoms with E-state index in [4.69, 9.17) is 9.47 Å². The zero-order valence-corrected chi connectivity index (χ0v) is 23.0. The Morgan fingerprint density at radius 3 is 2.32 bits per heavy atom. The normalized spacial score (nSPS) is 14.1. The first-order chi connectivity index (χ1) is 18.0. The van der Waals surface area contributed by atoms with Crippen LogP contribution in [0.5, 0.6) is 5.75 Å². The van der Waals surface area contributed by atoms with Crippen molar-refractivity contribution in [3.63, 3.8) is 0 Å².